The first-order chi connectivity index (χ1) is 18.4. The van der Waals surface area contributed by atoms with Crippen LogP contribution in [0.4, 0.5) is 17.3 Å². The zero-order chi connectivity index (χ0) is 26.8. The molecule has 0 atom stereocenters. The Bertz CT molecular complexity index is 1380. The second-order valence-electron chi connectivity index (χ2n) is 9.94. The fraction of sp³-hybridized carbons (Fsp3) is 0.333. The Balaban J connectivity index is 1.64. The Kier molecular flexibility index (Phi) is 7.47. The quantitative estimate of drug-likeness (QED) is 0.198. The van der Waals surface area contributed by atoms with Gasteiger partial charge in [0, 0.05) is 66.2 Å². The molecule has 0 spiro atoms. The highest BCUT2D eigenvalue weighted by Gasteiger charge is 2.28. The third-order valence-electron chi connectivity index (χ3n) is 7.53. The van der Waals surface area contributed by atoms with Crippen LogP contribution in [0, 0.1) is 10.8 Å². The molecule has 5 N–H and O–H groups in total. The third kappa shape index (κ3) is 5.03. The Labute approximate surface area is 229 Å². The molecule has 5 rings (SSSR count). The van der Waals surface area contributed by atoms with E-state index in [0.29, 0.717) is 53.4 Å². The van der Waals surface area contributed by atoms with Crippen LogP contribution in [0.1, 0.15) is 66.8 Å². The van der Waals surface area contributed by atoms with Crippen molar-refractivity contribution >= 4 is 46.5 Å². The van der Waals surface area contributed by atoms with E-state index in [1.807, 2.05) is 18.5 Å². The topological polar surface area (TPSA) is 115 Å². The fourth-order valence-corrected chi connectivity index (χ4v) is 5.27. The monoisotopic (exact) mass is 527 g/mol. The predicted octanol–water partition coefficient (Wildman–Crippen LogP) is 6.47. The second kappa shape index (κ2) is 11.0. The van der Waals surface area contributed by atoms with Gasteiger partial charge in [-0.2, -0.15) is 0 Å². The summed E-state index contributed by atoms with van der Waals surface area (Å²) in [5.74, 6) is 1.27. The van der Waals surface area contributed by atoms with Gasteiger partial charge in [0.25, 0.3) is 0 Å². The van der Waals surface area contributed by atoms with E-state index < -0.39 is 0 Å². The van der Waals surface area contributed by atoms with Crippen molar-refractivity contribution < 1.29 is 0 Å². The number of hydrogen-bond acceptors (Lipinski definition) is 7. The normalized spacial score (nSPS) is 16.9. The first-order valence-electron chi connectivity index (χ1n) is 13.3. The summed E-state index contributed by atoms with van der Waals surface area (Å²) < 4.78 is 0. The van der Waals surface area contributed by atoms with Crippen molar-refractivity contribution in [2.24, 2.45) is 0 Å². The molecule has 0 bridgehead atoms. The number of para-hydroxylation sites is 1. The summed E-state index contributed by atoms with van der Waals surface area (Å²) >= 11 is 6.35. The molecule has 1 aromatic heterocycles. The van der Waals surface area contributed by atoms with Crippen LogP contribution in [0.25, 0.3) is 5.70 Å². The van der Waals surface area contributed by atoms with Crippen molar-refractivity contribution in [3.05, 3.63) is 81.1 Å². The van der Waals surface area contributed by atoms with Gasteiger partial charge in [0.15, 0.2) is 0 Å². The number of rotatable bonds is 8. The first kappa shape index (κ1) is 25.9. The van der Waals surface area contributed by atoms with E-state index in [-0.39, 0.29) is 0 Å². The van der Waals surface area contributed by atoms with Gasteiger partial charge in [0.1, 0.15) is 0 Å². The zero-order valence-electron chi connectivity index (χ0n) is 21.9. The van der Waals surface area contributed by atoms with Crippen molar-refractivity contribution in [3.8, 4) is 0 Å². The number of piperidine rings is 1. The molecule has 2 aliphatic rings. The Morgan fingerprint density at radius 2 is 1.82 bits per heavy atom. The largest absolute Gasteiger partial charge is 0.397 e. The summed E-state index contributed by atoms with van der Waals surface area (Å²) in [7, 11) is 0. The number of nitrogens with two attached hydrogens (primary N) is 1. The molecular weight excluding hydrogens is 494 g/mol. The number of benzene rings is 2. The van der Waals surface area contributed by atoms with E-state index in [0.717, 1.165) is 35.4 Å². The highest BCUT2D eigenvalue weighted by Crippen LogP contribution is 2.40. The lowest BCUT2D eigenvalue weighted by Crippen LogP contribution is -2.38. The third-order valence-corrected chi connectivity index (χ3v) is 7.86. The van der Waals surface area contributed by atoms with Crippen LogP contribution in [0.5, 0.6) is 0 Å². The lowest BCUT2D eigenvalue weighted by molar-refractivity contribution is 0.784. The molecule has 7 nitrogen and oxygen atoms in total. The Hall–Kier alpha value is -3.71. The second-order valence-corrected chi connectivity index (χ2v) is 10.4. The molecule has 1 aliphatic heterocycles. The van der Waals surface area contributed by atoms with Crippen LogP contribution in [0.3, 0.4) is 0 Å². The summed E-state index contributed by atoms with van der Waals surface area (Å²) in [6.45, 7) is 5.43. The van der Waals surface area contributed by atoms with Crippen molar-refractivity contribution in [1.29, 1.82) is 10.8 Å². The highest BCUT2D eigenvalue weighted by atomic mass is 35.5. The summed E-state index contributed by atoms with van der Waals surface area (Å²) in [5, 5.41) is 21.3. The molecule has 196 valence electrons. The number of hydrogen-bond donors (Lipinski definition) is 4. The molecule has 1 aliphatic carbocycles. The lowest BCUT2D eigenvalue weighted by atomic mass is 9.92. The molecule has 1 saturated carbocycles. The summed E-state index contributed by atoms with van der Waals surface area (Å²) in [6.07, 6.45) is 9.85. The maximum atomic E-state index is 8.98. The summed E-state index contributed by atoms with van der Waals surface area (Å²) in [4.78, 5) is 11.5. The lowest BCUT2D eigenvalue weighted by Gasteiger charge is -2.32. The van der Waals surface area contributed by atoms with Gasteiger partial charge in [-0.15, -0.1) is 0 Å². The summed E-state index contributed by atoms with van der Waals surface area (Å²) in [6, 6.07) is 10.0. The molecule has 3 aromatic rings. The van der Waals surface area contributed by atoms with Crippen LogP contribution >= 0.6 is 11.6 Å². The van der Waals surface area contributed by atoms with Gasteiger partial charge in [0.2, 0.25) is 5.95 Å². The molecule has 2 aromatic carbocycles. The highest BCUT2D eigenvalue weighted by molar-refractivity contribution is 6.34. The number of anilines is 3. The van der Waals surface area contributed by atoms with Gasteiger partial charge in [-0.05, 0) is 54.4 Å². The Morgan fingerprint density at radius 3 is 2.42 bits per heavy atom. The van der Waals surface area contributed by atoms with E-state index in [9.17, 15) is 0 Å². The van der Waals surface area contributed by atoms with Gasteiger partial charge in [-0.1, -0.05) is 49.7 Å². The van der Waals surface area contributed by atoms with E-state index in [4.69, 9.17) is 28.2 Å². The SMILES string of the molecule is CCc1cccc(CC)c1N/C(=C1/CN(c2ncc(C3CC3)cn2)CCC1=N)c1ccc(Cl)c(N)c1C=N. The van der Waals surface area contributed by atoms with Crippen LogP contribution in [-0.4, -0.2) is 35.0 Å². The van der Waals surface area contributed by atoms with Gasteiger partial charge >= 0.3 is 0 Å². The van der Waals surface area contributed by atoms with Crippen molar-refractivity contribution in [2.45, 2.75) is 51.9 Å². The van der Waals surface area contributed by atoms with E-state index in [2.05, 4.69) is 52.2 Å². The molecule has 2 heterocycles. The smallest absolute Gasteiger partial charge is 0.225 e. The van der Waals surface area contributed by atoms with Crippen LogP contribution in [0.2, 0.25) is 5.02 Å². The van der Waals surface area contributed by atoms with Crippen molar-refractivity contribution in [3.63, 3.8) is 0 Å². The predicted molar refractivity (Wildman–Crippen MR) is 158 cm³/mol. The number of halogens is 1. The standard InChI is InChI=1S/C30H34ClN7/c1-3-18-6-5-7-19(4-2)28(18)37-29(22-10-11-25(31)27(34)23(22)14-32)24-17-38(13-12-26(24)33)30-35-15-21(16-36-30)20-8-9-20/h5-7,10-11,14-16,20,32-33,37H,3-4,8-9,12-13,17,34H2,1-2H3/b29-24-,32-14?,33-26?. The van der Waals surface area contributed by atoms with E-state index in [1.165, 1.54) is 35.7 Å². The van der Waals surface area contributed by atoms with Crippen LogP contribution < -0.4 is 16.0 Å². The Morgan fingerprint density at radius 1 is 1.13 bits per heavy atom. The molecule has 2 fully saturated rings. The van der Waals surface area contributed by atoms with Crippen molar-refractivity contribution in [2.75, 3.05) is 29.0 Å². The molecule has 0 radical (unpaired) electrons. The average molecular weight is 528 g/mol. The van der Waals surface area contributed by atoms with Crippen molar-refractivity contribution in [1.82, 2.24) is 9.97 Å². The fourth-order valence-electron chi connectivity index (χ4n) is 5.10. The van der Waals surface area contributed by atoms with Gasteiger partial charge in [0.05, 0.1) is 16.4 Å². The number of aryl methyl sites for hydroxylation is 2. The van der Waals surface area contributed by atoms with E-state index in [1.54, 1.807) is 6.07 Å². The zero-order valence-corrected chi connectivity index (χ0v) is 22.7. The molecule has 1 saturated heterocycles. The molecule has 0 unspecified atom stereocenters. The number of aromatic nitrogens is 2. The molecule has 38 heavy (non-hydrogen) atoms. The average Bonchev–Trinajstić information content (AvgIpc) is 3.79. The molecule has 8 heteroatoms. The van der Waals surface area contributed by atoms with Crippen LogP contribution in [-0.2, 0) is 12.8 Å². The molecular formula is C30H34ClN7. The maximum absolute atomic E-state index is 8.98. The minimum atomic E-state index is 0.358. The van der Waals surface area contributed by atoms with E-state index >= 15 is 0 Å². The minimum absolute atomic E-state index is 0.358. The van der Waals surface area contributed by atoms with Gasteiger partial charge < -0.3 is 26.8 Å². The van der Waals surface area contributed by atoms with Gasteiger partial charge in [-0.3, -0.25) is 0 Å². The number of nitrogen functional groups attached to an aromatic ring is 1. The van der Waals surface area contributed by atoms with Gasteiger partial charge in [-0.25, -0.2) is 9.97 Å². The maximum Gasteiger partial charge on any atom is 0.225 e. The molecule has 0 amide bonds. The first-order valence-corrected chi connectivity index (χ1v) is 13.7. The van der Waals surface area contributed by atoms with Crippen LogP contribution in [0.15, 0.2) is 48.3 Å². The number of nitrogens with one attached hydrogen (secondary N) is 3. The number of nitrogens with zero attached hydrogens (tertiary/aromatic N) is 3. The minimum Gasteiger partial charge on any atom is -0.397 e. The summed E-state index contributed by atoms with van der Waals surface area (Å²) in [5.41, 5.74) is 14.8.